The average molecular weight is 464 g/mol. The van der Waals surface area contributed by atoms with Gasteiger partial charge < -0.3 is 10.2 Å². The highest BCUT2D eigenvalue weighted by atomic mass is 19.1. The van der Waals surface area contributed by atoms with E-state index in [2.05, 4.69) is 11.4 Å². The second kappa shape index (κ2) is 9.20. The molecule has 7 heteroatoms. The van der Waals surface area contributed by atoms with Crippen molar-refractivity contribution >= 4 is 17.8 Å². The summed E-state index contributed by atoms with van der Waals surface area (Å²) in [5, 5.41) is 2.91. The average Bonchev–Trinajstić information content (AvgIpc) is 3.07. The predicted octanol–water partition coefficient (Wildman–Crippen LogP) is 3.97. The second-order valence-electron chi connectivity index (χ2n) is 9.79. The maximum absolute atomic E-state index is 13.5. The highest BCUT2D eigenvalue weighted by Gasteiger charge is 2.53. The molecule has 2 aromatic carbocycles. The van der Waals surface area contributed by atoms with Crippen LogP contribution in [0.2, 0.25) is 0 Å². The molecule has 34 heavy (non-hydrogen) atoms. The number of amides is 4. The molecule has 1 aliphatic heterocycles. The van der Waals surface area contributed by atoms with Gasteiger partial charge in [0.25, 0.3) is 5.91 Å². The number of halogens is 1. The lowest BCUT2D eigenvalue weighted by molar-refractivity contribution is -0.141. The molecule has 6 nitrogen and oxygen atoms in total. The molecule has 3 aliphatic rings. The zero-order valence-corrected chi connectivity index (χ0v) is 19.3. The summed E-state index contributed by atoms with van der Waals surface area (Å²) in [5.74, 6) is -0.878. The summed E-state index contributed by atoms with van der Waals surface area (Å²) in [4.78, 5) is 42.7. The molecule has 178 valence electrons. The van der Waals surface area contributed by atoms with Gasteiger partial charge in [-0.15, -0.1) is 0 Å². The summed E-state index contributed by atoms with van der Waals surface area (Å²) in [7, 11) is 0. The third kappa shape index (κ3) is 4.31. The fourth-order valence-corrected chi connectivity index (χ4v) is 5.67. The van der Waals surface area contributed by atoms with Crippen LogP contribution < -0.4 is 5.32 Å². The third-order valence-electron chi connectivity index (χ3n) is 7.57. The van der Waals surface area contributed by atoms with E-state index >= 15 is 0 Å². The summed E-state index contributed by atoms with van der Waals surface area (Å²) in [5.41, 5.74) is 2.12. The summed E-state index contributed by atoms with van der Waals surface area (Å²) >= 11 is 0. The molecule has 1 spiro atoms. The van der Waals surface area contributed by atoms with Crippen LogP contribution in [-0.4, -0.2) is 45.8 Å². The molecule has 1 heterocycles. The first-order chi connectivity index (χ1) is 16.4. The minimum Gasteiger partial charge on any atom is -0.334 e. The quantitative estimate of drug-likeness (QED) is 0.683. The zero-order valence-electron chi connectivity index (χ0n) is 19.3. The normalized spacial score (nSPS) is 22.6. The maximum atomic E-state index is 13.5. The van der Waals surface area contributed by atoms with E-state index in [-0.39, 0.29) is 30.2 Å². The topological polar surface area (TPSA) is 69.7 Å². The fraction of sp³-hybridized carbons (Fsp3) is 0.444. The molecule has 1 atom stereocenters. The van der Waals surface area contributed by atoms with Crippen LogP contribution in [0.3, 0.4) is 0 Å². The van der Waals surface area contributed by atoms with Crippen LogP contribution in [0.1, 0.15) is 55.2 Å². The number of carbonyl (C=O) groups is 3. The van der Waals surface area contributed by atoms with Crippen molar-refractivity contribution in [2.24, 2.45) is 0 Å². The fourth-order valence-electron chi connectivity index (χ4n) is 5.67. The van der Waals surface area contributed by atoms with E-state index in [4.69, 9.17) is 0 Å². The van der Waals surface area contributed by atoms with Crippen molar-refractivity contribution in [1.29, 1.82) is 0 Å². The largest absolute Gasteiger partial charge is 0.334 e. The Morgan fingerprint density at radius 3 is 2.47 bits per heavy atom. The number of rotatable bonds is 5. The standard InChI is InChI=1S/C27H30FN3O3/c28-22-12-10-19(11-13-22)17-30(23-8-2-1-3-9-23)24(32)18-31-25(33)27(29-26(31)34)15-14-20-6-4-5-7-21(20)16-27/h4-7,10-13,23H,1-3,8-9,14-18H2,(H,29,34). The maximum Gasteiger partial charge on any atom is 0.325 e. The van der Waals surface area contributed by atoms with Crippen molar-refractivity contribution in [3.8, 4) is 0 Å². The molecule has 5 rings (SSSR count). The van der Waals surface area contributed by atoms with Crippen molar-refractivity contribution in [3.63, 3.8) is 0 Å². The second-order valence-corrected chi connectivity index (χ2v) is 9.79. The SMILES string of the molecule is O=C1NC2(CCc3ccccc3C2)C(=O)N1CC(=O)N(Cc1ccc(F)cc1)C1CCCCC1. The van der Waals surface area contributed by atoms with Gasteiger partial charge in [-0.1, -0.05) is 55.7 Å². The van der Waals surface area contributed by atoms with Crippen molar-refractivity contribution in [1.82, 2.24) is 15.1 Å². The number of imide groups is 1. The molecule has 1 N–H and O–H groups in total. The van der Waals surface area contributed by atoms with Gasteiger partial charge in [-0.2, -0.15) is 0 Å². The van der Waals surface area contributed by atoms with E-state index in [1.54, 1.807) is 17.0 Å². The number of hydrogen-bond acceptors (Lipinski definition) is 3. The molecular weight excluding hydrogens is 433 g/mol. The van der Waals surface area contributed by atoms with Crippen LogP contribution >= 0.6 is 0 Å². The molecule has 2 fully saturated rings. The van der Waals surface area contributed by atoms with Crippen molar-refractivity contribution in [3.05, 3.63) is 71.0 Å². The molecule has 1 saturated carbocycles. The molecular formula is C27H30FN3O3. The lowest BCUT2D eigenvalue weighted by atomic mass is 9.78. The Morgan fingerprint density at radius 2 is 1.74 bits per heavy atom. The number of urea groups is 1. The Bertz CT molecular complexity index is 1100. The number of carbonyl (C=O) groups excluding carboxylic acids is 3. The smallest absolute Gasteiger partial charge is 0.325 e. The Labute approximate surface area is 199 Å². The van der Waals surface area contributed by atoms with Gasteiger partial charge in [0.05, 0.1) is 0 Å². The highest BCUT2D eigenvalue weighted by Crippen LogP contribution is 2.34. The Kier molecular flexibility index (Phi) is 6.11. The van der Waals surface area contributed by atoms with Gasteiger partial charge in [0.15, 0.2) is 0 Å². The summed E-state index contributed by atoms with van der Waals surface area (Å²) in [6.45, 7) is 0.0672. The Balaban J connectivity index is 1.34. The molecule has 1 saturated heterocycles. The lowest BCUT2D eigenvalue weighted by Gasteiger charge is -2.35. The number of nitrogens with one attached hydrogen (secondary N) is 1. The minimum atomic E-state index is -0.974. The highest BCUT2D eigenvalue weighted by molar-refractivity contribution is 6.09. The molecule has 2 aliphatic carbocycles. The molecule has 2 aromatic rings. The van der Waals surface area contributed by atoms with E-state index in [0.717, 1.165) is 48.1 Å². The van der Waals surface area contributed by atoms with Crippen molar-refractivity contribution in [2.45, 2.75) is 69.5 Å². The van der Waals surface area contributed by atoms with Crippen LogP contribution in [0.5, 0.6) is 0 Å². The van der Waals surface area contributed by atoms with Crippen LogP contribution in [0, 0.1) is 5.82 Å². The minimum absolute atomic E-state index is 0.0580. The summed E-state index contributed by atoms with van der Waals surface area (Å²) in [6.07, 6.45) is 6.71. The lowest BCUT2D eigenvalue weighted by Crippen LogP contribution is -2.52. The van der Waals surface area contributed by atoms with Crippen LogP contribution in [-0.2, 0) is 29.0 Å². The van der Waals surface area contributed by atoms with E-state index in [9.17, 15) is 18.8 Å². The van der Waals surface area contributed by atoms with Gasteiger partial charge in [0.1, 0.15) is 17.9 Å². The van der Waals surface area contributed by atoms with Crippen LogP contribution in [0.4, 0.5) is 9.18 Å². The van der Waals surface area contributed by atoms with Crippen molar-refractivity contribution in [2.75, 3.05) is 6.54 Å². The Hall–Kier alpha value is -3.22. The zero-order chi connectivity index (χ0) is 23.7. The first-order valence-corrected chi connectivity index (χ1v) is 12.2. The number of hydrogen-bond donors (Lipinski definition) is 1. The predicted molar refractivity (Wildman–Crippen MR) is 125 cm³/mol. The number of fused-ring (bicyclic) bond motifs is 1. The van der Waals surface area contributed by atoms with Crippen LogP contribution in [0.25, 0.3) is 0 Å². The number of aryl methyl sites for hydroxylation is 1. The monoisotopic (exact) mass is 463 g/mol. The van der Waals surface area contributed by atoms with Gasteiger partial charge in [0.2, 0.25) is 5.91 Å². The number of nitrogens with zero attached hydrogens (tertiary/aromatic N) is 2. The van der Waals surface area contributed by atoms with Crippen LogP contribution in [0.15, 0.2) is 48.5 Å². The van der Waals surface area contributed by atoms with Gasteiger partial charge in [-0.05, 0) is 54.5 Å². The summed E-state index contributed by atoms with van der Waals surface area (Å²) in [6, 6.07) is 13.7. The van der Waals surface area contributed by atoms with Crippen molar-refractivity contribution < 1.29 is 18.8 Å². The molecule has 4 amide bonds. The van der Waals surface area contributed by atoms with E-state index in [1.807, 2.05) is 18.2 Å². The van der Waals surface area contributed by atoms with E-state index in [1.165, 1.54) is 17.7 Å². The molecule has 1 unspecified atom stereocenters. The molecule has 0 aromatic heterocycles. The first kappa shape index (κ1) is 22.6. The third-order valence-corrected chi connectivity index (χ3v) is 7.57. The molecule has 0 radical (unpaired) electrons. The van der Waals surface area contributed by atoms with E-state index in [0.29, 0.717) is 25.8 Å². The van der Waals surface area contributed by atoms with Gasteiger partial charge in [-0.25, -0.2) is 9.18 Å². The van der Waals surface area contributed by atoms with Gasteiger partial charge in [-0.3, -0.25) is 14.5 Å². The summed E-state index contributed by atoms with van der Waals surface area (Å²) < 4.78 is 13.4. The number of benzene rings is 2. The first-order valence-electron chi connectivity index (χ1n) is 12.2. The van der Waals surface area contributed by atoms with Gasteiger partial charge >= 0.3 is 6.03 Å². The van der Waals surface area contributed by atoms with Gasteiger partial charge in [0, 0.05) is 19.0 Å². The Morgan fingerprint density at radius 1 is 1.03 bits per heavy atom. The molecule has 0 bridgehead atoms. The van der Waals surface area contributed by atoms with E-state index < -0.39 is 11.6 Å².